The molecule has 1 rings (SSSR count). The molecule has 1 saturated heterocycles. The van der Waals surface area contributed by atoms with E-state index >= 15 is 0 Å². The average molecular weight is 185 g/mol. The lowest BCUT2D eigenvalue weighted by molar-refractivity contribution is -0.146. The van der Waals surface area contributed by atoms with Crippen LogP contribution in [-0.4, -0.2) is 37.6 Å². The molecule has 3 heteroatoms. The van der Waals surface area contributed by atoms with Crippen molar-refractivity contribution in [1.82, 2.24) is 4.90 Å². The summed E-state index contributed by atoms with van der Waals surface area (Å²) in [6.07, 6.45) is 0.937. The molecule has 0 amide bonds. The monoisotopic (exact) mass is 185 g/mol. The number of hydrogen-bond donors (Lipinski definition) is 0. The lowest BCUT2D eigenvalue weighted by Crippen LogP contribution is -2.37. The highest BCUT2D eigenvalue weighted by Crippen LogP contribution is 2.29. The van der Waals surface area contributed by atoms with Gasteiger partial charge < -0.3 is 9.64 Å². The number of ether oxygens (including phenoxy) is 1. The first-order valence-corrected chi connectivity index (χ1v) is 4.86. The van der Waals surface area contributed by atoms with Gasteiger partial charge in [0.15, 0.2) is 0 Å². The lowest BCUT2D eigenvalue weighted by atomic mass is 9.91. The zero-order valence-electron chi connectivity index (χ0n) is 8.91. The number of carbonyl (C=O) groups is 1. The van der Waals surface area contributed by atoms with Crippen molar-refractivity contribution in [2.24, 2.45) is 11.8 Å². The van der Waals surface area contributed by atoms with Crippen molar-refractivity contribution in [3.8, 4) is 0 Å². The van der Waals surface area contributed by atoms with E-state index in [-0.39, 0.29) is 11.9 Å². The molecule has 3 nitrogen and oxygen atoms in total. The number of carbonyl (C=O) groups excluding carboxylic acids is 1. The Morgan fingerprint density at radius 1 is 1.54 bits per heavy atom. The second-order valence-electron chi connectivity index (χ2n) is 4.13. The van der Waals surface area contributed by atoms with Crippen LogP contribution in [0.4, 0.5) is 0 Å². The fourth-order valence-corrected chi connectivity index (χ4v) is 2.35. The Labute approximate surface area is 80.1 Å². The van der Waals surface area contributed by atoms with Gasteiger partial charge in [-0.15, -0.1) is 0 Å². The summed E-state index contributed by atoms with van der Waals surface area (Å²) in [5.74, 6) is 0.537. The summed E-state index contributed by atoms with van der Waals surface area (Å²) in [6.45, 7) is 5.31. The zero-order valence-corrected chi connectivity index (χ0v) is 8.91. The Bertz CT molecular complexity index is 191. The molecule has 1 aliphatic rings. The topological polar surface area (TPSA) is 29.5 Å². The Morgan fingerprint density at radius 3 is 2.62 bits per heavy atom. The predicted molar refractivity (Wildman–Crippen MR) is 51.4 cm³/mol. The van der Waals surface area contributed by atoms with Crippen LogP contribution in [0.15, 0.2) is 0 Å². The molecule has 1 aliphatic heterocycles. The SMILES string of the molecule is COC(=O)C1CCN(C)C1C(C)C. The molecule has 0 bridgehead atoms. The number of methoxy groups -OCH3 is 1. The number of hydrogen-bond acceptors (Lipinski definition) is 3. The summed E-state index contributed by atoms with van der Waals surface area (Å²) in [6, 6.07) is 0.354. The fraction of sp³-hybridized carbons (Fsp3) is 0.900. The Balaban J connectivity index is 2.69. The number of likely N-dealkylation sites (tertiary alicyclic amines) is 1. The Kier molecular flexibility index (Phi) is 3.31. The first-order valence-electron chi connectivity index (χ1n) is 4.86. The maximum atomic E-state index is 11.4. The van der Waals surface area contributed by atoms with Gasteiger partial charge in [0.2, 0.25) is 0 Å². The molecule has 2 unspecified atom stereocenters. The maximum absolute atomic E-state index is 11.4. The fourth-order valence-electron chi connectivity index (χ4n) is 2.35. The van der Waals surface area contributed by atoms with Gasteiger partial charge >= 0.3 is 5.97 Å². The molecule has 0 saturated carbocycles. The zero-order chi connectivity index (χ0) is 10.0. The second kappa shape index (κ2) is 4.09. The van der Waals surface area contributed by atoms with E-state index in [4.69, 9.17) is 4.74 Å². The smallest absolute Gasteiger partial charge is 0.310 e. The average Bonchev–Trinajstić information content (AvgIpc) is 2.45. The van der Waals surface area contributed by atoms with Crippen molar-refractivity contribution in [2.75, 3.05) is 20.7 Å². The molecule has 76 valence electrons. The van der Waals surface area contributed by atoms with Crippen LogP contribution in [0.3, 0.4) is 0 Å². The van der Waals surface area contributed by atoms with Crippen molar-refractivity contribution in [1.29, 1.82) is 0 Å². The van der Waals surface area contributed by atoms with Crippen LogP contribution in [0, 0.1) is 11.8 Å². The molecule has 0 spiro atoms. The van der Waals surface area contributed by atoms with Gasteiger partial charge in [-0.05, 0) is 25.9 Å². The van der Waals surface area contributed by atoms with Crippen molar-refractivity contribution in [2.45, 2.75) is 26.3 Å². The highest BCUT2D eigenvalue weighted by atomic mass is 16.5. The van der Waals surface area contributed by atoms with Crippen molar-refractivity contribution < 1.29 is 9.53 Å². The number of esters is 1. The van der Waals surface area contributed by atoms with Crippen molar-refractivity contribution in [3.63, 3.8) is 0 Å². The molecule has 0 radical (unpaired) electrons. The van der Waals surface area contributed by atoms with Gasteiger partial charge in [0.25, 0.3) is 0 Å². The van der Waals surface area contributed by atoms with E-state index in [1.165, 1.54) is 7.11 Å². The van der Waals surface area contributed by atoms with E-state index in [0.29, 0.717) is 12.0 Å². The summed E-state index contributed by atoms with van der Waals surface area (Å²) in [7, 11) is 3.55. The first kappa shape index (κ1) is 10.5. The van der Waals surface area contributed by atoms with Gasteiger partial charge in [-0.1, -0.05) is 13.8 Å². The number of rotatable bonds is 2. The predicted octanol–water partition coefficient (Wildman–Crippen LogP) is 1.14. The minimum atomic E-state index is -0.0527. The molecule has 0 aromatic heterocycles. The molecule has 0 aromatic rings. The minimum Gasteiger partial charge on any atom is -0.469 e. The van der Waals surface area contributed by atoms with Crippen LogP contribution in [0.5, 0.6) is 0 Å². The summed E-state index contributed by atoms with van der Waals surface area (Å²) in [5, 5.41) is 0. The molecule has 2 atom stereocenters. The highest BCUT2D eigenvalue weighted by Gasteiger charge is 2.38. The van der Waals surface area contributed by atoms with E-state index in [1.807, 2.05) is 0 Å². The van der Waals surface area contributed by atoms with Crippen LogP contribution in [0.25, 0.3) is 0 Å². The van der Waals surface area contributed by atoms with Gasteiger partial charge in [0, 0.05) is 6.04 Å². The van der Waals surface area contributed by atoms with Crippen LogP contribution in [0.1, 0.15) is 20.3 Å². The molecular weight excluding hydrogens is 166 g/mol. The molecule has 0 N–H and O–H groups in total. The minimum absolute atomic E-state index is 0.0527. The third-order valence-electron chi connectivity index (χ3n) is 2.90. The summed E-state index contributed by atoms with van der Waals surface area (Å²) < 4.78 is 4.80. The van der Waals surface area contributed by atoms with E-state index in [2.05, 4.69) is 25.8 Å². The third kappa shape index (κ3) is 2.02. The van der Waals surface area contributed by atoms with Crippen LogP contribution in [-0.2, 0) is 9.53 Å². The van der Waals surface area contributed by atoms with Crippen LogP contribution in [0.2, 0.25) is 0 Å². The maximum Gasteiger partial charge on any atom is 0.310 e. The van der Waals surface area contributed by atoms with E-state index in [0.717, 1.165) is 13.0 Å². The van der Waals surface area contributed by atoms with Crippen LogP contribution < -0.4 is 0 Å². The summed E-state index contributed by atoms with van der Waals surface area (Å²) in [5.41, 5.74) is 0. The highest BCUT2D eigenvalue weighted by molar-refractivity contribution is 5.73. The van der Waals surface area contributed by atoms with Crippen molar-refractivity contribution >= 4 is 5.97 Å². The third-order valence-corrected chi connectivity index (χ3v) is 2.90. The second-order valence-corrected chi connectivity index (χ2v) is 4.13. The van der Waals surface area contributed by atoms with Gasteiger partial charge in [0.1, 0.15) is 0 Å². The van der Waals surface area contributed by atoms with Gasteiger partial charge in [0.05, 0.1) is 13.0 Å². The van der Waals surface area contributed by atoms with Gasteiger partial charge in [-0.3, -0.25) is 4.79 Å². The van der Waals surface area contributed by atoms with Crippen LogP contribution >= 0.6 is 0 Å². The van der Waals surface area contributed by atoms with E-state index in [9.17, 15) is 4.79 Å². The molecular formula is C10H19NO2. The molecule has 1 heterocycles. The first-order chi connectivity index (χ1) is 6.07. The molecule has 0 aromatic carbocycles. The summed E-state index contributed by atoms with van der Waals surface area (Å²) >= 11 is 0. The lowest BCUT2D eigenvalue weighted by Gasteiger charge is -2.27. The quantitative estimate of drug-likeness (QED) is 0.604. The Morgan fingerprint density at radius 2 is 2.15 bits per heavy atom. The molecule has 1 fully saturated rings. The number of nitrogens with zero attached hydrogens (tertiary/aromatic N) is 1. The standard InChI is InChI=1S/C10H19NO2/c1-7(2)9-8(10(12)13-4)5-6-11(9)3/h7-9H,5-6H2,1-4H3. The Hall–Kier alpha value is -0.570. The van der Waals surface area contributed by atoms with Crippen molar-refractivity contribution in [3.05, 3.63) is 0 Å². The van der Waals surface area contributed by atoms with Gasteiger partial charge in [-0.25, -0.2) is 0 Å². The normalized spacial score (nSPS) is 29.6. The largest absolute Gasteiger partial charge is 0.469 e. The van der Waals surface area contributed by atoms with E-state index < -0.39 is 0 Å². The summed E-state index contributed by atoms with van der Waals surface area (Å²) in [4.78, 5) is 13.7. The molecule has 13 heavy (non-hydrogen) atoms. The van der Waals surface area contributed by atoms with E-state index in [1.54, 1.807) is 0 Å². The van der Waals surface area contributed by atoms with Gasteiger partial charge in [-0.2, -0.15) is 0 Å². The molecule has 0 aliphatic carbocycles.